The summed E-state index contributed by atoms with van der Waals surface area (Å²) in [6.07, 6.45) is 0.621. The van der Waals surface area contributed by atoms with E-state index in [-0.39, 0.29) is 18.5 Å². The predicted octanol–water partition coefficient (Wildman–Crippen LogP) is 1.51. The molecule has 0 aliphatic rings. The zero-order chi connectivity index (χ0) is 14.3. The molecule has 0 aromatic heterocycles. The second-order valence-corrected chi connectivity index (χ2v) is 5.67. The lowest BCUT2D eigenvalue weighted by Gasteiger charge is -2.22. The van der Waals surface area contributed by atoms with Crippen LogP contribution in [0.1, 0.15) is 41.0 Å². The van der Waals surface area contributed by atoms with Gasteiger partial charge in [-0.05, 0) is 33.1 Å². The Morgan fingerprint density at radius 1 is 1.22 bits per heavy atom. The number of carbonyl (C=O) groups excluding carboxylic acids is 2. The molecule has 0 spiro atoms. The molecule has 0 rings (SSSR count). The van der Waals surface area contributed by atoms with Crippen molar-refractivity contribution in [2.75, 3.05) is 13.7 Å². The molecule has 5 heteroatoms. The summed E-state index contributed by atoms with van der Waals surface area (Å²) in [4.78, 5) is 23.0. The van der Waals surface area contributed by atoms with Gasteiger partial charge in [-0.1, -0.05) is 13.8 Å². The van der Waals surface area contributed by atoms with Gasteiger partial charge in [-0.15, -0.1) is 0 Å². The first kappa shape index (κ1) is 16.9. The highest BCUT2D eigenvalue weighted by Gasteiger charge is 2.22. The van der Waals surface area contributed by atoms with Crippen molar-refractivity contribution < 1.29 is 19.1 Å². The Labute approximate surface area is 109 Å². The van der Waals surface area contributed by atoms with Crippen LogP contribution in [0.2, 0.25) is 0 Å². The zero-order valence-corrected chi connectivity index (χ0v) is 12.2. The first-order valence-corrected chi connectivity index (χ1v) is 6.18. The van der Waals surface area contributed by atoms with Crippen LogP contribution in [0.25, 0.3) is 0 Å². The van der Waals surface area contributed by atoms with Crippen LogP contribution in [-0.2, 0) is 19.1 Å². The van der Waals surface area contributed by atoms with E-state index >= 15 is 0 Å². The number of nitrogens with one attached hydrogen (secondary N) is 1. The minimum atomic E-state index is -0.516. The van der Waals surface area contributed by atoms with Crippen molar-refractivity contribution >= 4 is 11.9 Å². The van der Waals surface area contributed by atoms with Crippen molar-refractivity contribution in [1.82, 2.24) is 5.32 Å². The van der Waals surface area contributed by atoms with Gasteiger partial charge < -0.3 is 9.47 Å². The lowest BCUT2D eigenvalue weighted by molar-refractivity contribution is -0.154. The summed E-state index contributed by atoms with van der Waals surface area (Å²) in [5.41, 5.74) is -0.516. The first-order valence-electron chi connectivity index (χ1n) is 6.18. The third-order valence-electron chi connectivity index (χ3n) is 2.11. The molecule has 1 N–H and O–H groups in total. The molecular formula is C13H25NO4. The Hall–Kier alpha value is -1.10. The molecule has 0 radical (unpaired) electrons. The van der Waals surface area contributed by atoms with Crippen molar-refractivity contribution in [2.24, 2.45) is 5.92 Å². The Morgan fingerprint density at radius 3 is 2.17 bits per heavy atom. The molecule has 0 aliphatic carbocycles. The Balaban J connectivity index is 4.26. The smallest absolute Gasteiger partial charge is 0.322 e. The first-order chi connectivity index (χ1) is 8.15. The molecule has 0 saturated heterocycles. The van der Waals surface area contributed by atoms with Gasteiger partial charge in [0.25, 0.3) is 0 Å². The van der Waals surface area contributed by atoms with Gasteiger partial charge in [-0.3, -0.25) is 14.9 Å². The molecule has 0 bridgehead atoms. The average Bonchev–Trinajstić information content (AvgIpc) is 2.20. The Kier molecular flexibility index (Phi) is 6.91. The maximum absolute atomic E-state index is 11.5. The molecule has 0 fully saturated rings. The van der Waals surface area contributed by atoms with E-state index < -0.39 is 11.6 Å². The highest BCUT2D eigenvalue weighted by molar-refractivity contribution is 5.77. The molecule has 0 unspecified atom stereocenters. The fourth-order valence-electron chi connectivity index (χ4n) is 1.46. The Bertz CT molecular complexity index is 281. The summed E-state index contributed by atoms with van der Waals surface area (Å²) < 4.78 is 9.85. The topological polar surface area (TPSA) is 64.6 Å². The number of hydrogen-bond acceptors (Lipinski definition) is 5. The summed E-state index contributed by atoms with van der Waals surface area (Å²) in [7, 11) is 1.34. The molecule has 1 atom stereocenters. The van der Waals surface area contributed by atoms with E-state index in [0.717, 1.165) is 0 Å². The van der Waals surface area contributed by atoms with Crippen LogP contribution in [0.4, 0.5) is 0 Å². The van der Waals surface area contributed by atoms with Crippen LogP contribution in [0.15, 0.2) is 0 Å². The van der Waals surface area contributed by atoms with Gasteiger partial charge in [0.2, 0.25) is 0 Å². The molecule has 0 aliphatic heterocycles. The molecule has 18 heavy (non-hydrogen) atoms. The number of ether oxygens (including phenoxy) is 2. The number of methoxy groups -OCH3 is 1. The quantitative estimate of drug-likeness (QED) is 0.732. The van der Waals surface area contributed by atoms with E-state index in [1.807, 2.05) is 13.8 Å². The number of carbonyl (C=O) groups is 2. The third-order valence-corrected chi connectivity index (χ3v) is 2.11. The minimum Gasteiger partial charge on any atom is -0.468 e. The fraction of sp³-hybridized carbons (Fsp3) is 0.846. The SMILES string of the molecule is COC(=O)[C@H](CC(C)C)NCC(=O)OC(C)(C)C. The van der Waals surface area contributed by atoms with Gasteiger partial charge in [-0.2, -0.15) is 0 Å². The monoisotopic (exact) mass is 259 g/mol. The van der Waals surface area contributed by atoms with Crippen LogP contribution in [0.3, 0.4) is 0 Å². The van der Waals surface area contributed by atoms with Crippen LogP contribution < -0.4 is 5.32 Å². The summed E-state index contributed by atoms with van der Waals surface area (Å²) in [5.74, 6) is -0.396. The van der Waals surface area contributed by atoms with Gasteiger partial charge in [-0.25, -0.2) is 0 Å². The van der Waals surface area contributed by atoms with Gasteiger partial charge in [0.05, 0.1) is 13.7 Å². The largest absolute Gasteiger partial charge is 0.468 e. The molecular weight excluding hydrogens is 234 g/mol. The molecule has 0 aromatic rings. The van der Waals surface area contributed by atoms with E-state index in [4.69, 9.17) is 9.47 Å². The van der Waals surface area contributed by atoms with Crippen molar-refractivity contribution in [1.29, 1.82) is 0 Å². The van der Waals surface area contributed by atoms with Gasteiger partial charge in [0.1, 0.15) is 11.6 Å². The van der Waals surface area contributed by atoms with Gasteiger partial charge in [0.15, 0.2) is 0 Å². The van der Waals surface area contributed by atoms with E-state index in [9.17, 15) is 9.59 Å². The Morgan fingerprint density at radius 2 is 1.78 bits per heavy atom. The summed E-state index contributed by atoms with van der Waals surface area (Å²) >= 11 is 0. The molecule has 0 saturated carbocycles. The van der Waals surface area contributed by atoms with E-state index in [1.165, 1.54) is 7.11 Å². The summed E-state index contributed by atoms with van der Waals surface area (Å²) in [6, 6.07) is -0.470. The van der Waals surface area contributed by atoms with Crippen molar-refractivity contribution in [3.05, 3.63) is 0 Å². The molecule has 5 nitrogen and oxygen atoms in total. The standard InChI is InChI=1S/C13H25NO4/c1-9(2)7-10(12(16)17-6)14-8-11(15)18-13(3,4)5/h9-10,14H,7-8H2,1-6H3/t10-/m0/s1. The highest BCUT2D eigenvalue weighted by atomic mass is 16.6. The normalized spacial score (nSPS) is 13.3. The van der Waals surface area contributed by atoms with E-state index in [0.29, 0.717) is 12.3 Å². The molecule has 0 amide bonds. The van der Waals surface area contributed by atoms with Crippen molar-refractivity contribution in [3.63, 3.8) is 0 Å². The van der Waals surface area contributed by atoms with Gasteiger partial charge in [0, 0.05) is 0 Å². The van der Waals surface area contributed by atoms with E-state index in [2.05, 4.69) is 5.32 Å². The van der Waals surface area contributed by atoms with Gasteiger partial charge >= 0.3 is 11.9 Å². The lowest BCUT2D eigenvalue weighted by Crippen LogP contribution is -2.42. The number of esters is 2. The summed E-state index contributed by atoms with van der Waals surface area (Å²) in [5, 5.41) is 2.88. The maximum Gasteiger partial charge on any atom is 0.322 e. The zero-order valence-electron chi connectivity index (χ0n) is 12.2. The lowest BCUT2D eigenvalue weighted by atomic mass is 10.0. The second-order valence-electron chi connectivity index (χ2n) is 5.67. The number of hydrogen-bond donors (Lipinski definition) is 1. The van der Waals surface area contributed by atoms with Crippen molar-refractivity contribution in [2.45, 2.75) is 52.7 Å². The van der Waals surface area contributed by atoms with Crippen LogP contribution in [-0.4, -0.2) is 37.2 Å². The van der Waals surface area contributed by atoms with Crippen LogP contribution >= 0.6 is 0 Å². The molecule has 106 valence electrons. The van der Waals surface area contributed by atoms with Crippen LogP contribution in [0.5, 0.6) is 0 Å². The predicted molar refractivity (Wildman–Crippen MR) is 69.1 cm³/mol. The average molecular weight is 259 g/mol. The third kappa shape index (κ3) is 8.06. The minimum absolute atomic E-state index is 0.00373. The maximum atomic E-state index is 11.5. The second kappa shape index (κ2) is 7.36. The molecule has 0 aromatic carbocycles. The summed E-state index contributed by atoms with van der Waals surface area (Å²) in [6.45, 7) is 9.42. The highest BCUT2D eigenvalue weighted by Crippen LogP contribution is 2.08. The fourth-order valence-corrected chi connectivity index (χ4v) is 1.46. The van der Waals surface area contributed by atoms with Crippen LogP contribution in [0, 0.1) is 5.92 Å². The molecule has 0 heterocycles. The van der Waals surface area contributed by atoms with Crippen molar-refractivity contribution in [3.8, 4) is 0 Å². The van der Waals surface area contributed by atoms with E-state index in [1.54, 1.807) is 20.8 Å². The number of rotatable bonds is 6.